The number of amides is 1. The van der Waals surface area contributed by atoms with Crippen LogP contribution in [-0.2, 0) is 9.53 Å². The molecule has 1 amide bonds. The first-order chi connectivity index (χ1) is 10.6. The SMILES string of the molecule is CC(C)(C)OC(=O)N[C@@H](COc1cnccc1[N+](=O)[O-])C(=O)O. The van der Waals surface area contributed by atoms with E-state index < -0.39 is 35.2 Å². The van der Waals surface area contributed by atoms with E-state index in [9.17, 15) is 19.7 Å². The maximum Gasteiger partial charge on any atom is 0.408 e. The molecule has 0 aliphatic heterocycles. The van der Waals surface area contributed by atoms with Gasteiger partial charge in [-0.3, -0.25) is 15.1 Å². The third-order valence-electron chi connectivity index (χ3n) is 2.35. The van der Waals surface area contributed by atoms with E-state index in [-0.39, 0.29) is 11.4 Å². The minimum absolute atomic E-state index is 0.199. The van der Waals surface area contributed by atoms with Gasteiger partial charge in [-0.1, -0.05) is 0 Å². The van der Waals surface area contributed by atoms with Gasteiger partial charge in [0.15, 0.2) is 6.04 Å². The fourth-order valence-electron chi connectivity index (χ4n) is 1.43. The van der Waals surface area contributed by atoms with Crippen LogP contribution in [0.1, 0.15) is 20.8 Å². The second kappa shape index (κ2) is 7.38. The van der Waals surface area contributed by atoms with Crippen molar-refractivity contribution in [1.82, 2.24) is 10.3 Å². The van der Waals surface area contributed by atoms with Crippen molar-refractivity contribution in [2.45, 2.75) is 32.4 Å². The van der Waals surface area contributed by atoms with Gasteiger partial charge in [-0.2, -0.15) is 0 Å². The number of carboxylic acid groups (broad SMARTS) is 1. The Morgan fingerprint density at radius 3 is 2.65 bits per heavy atom. The summed E-state index contributed by atoms with van der Waals surface area (Å²) in [7, 11) is 0. The number of carbonyl (C=O) groups excluding carboxylic acids is 1. The van der Waals surface area contributed by atoms with Gasteiger partial charge in [0.25, 0.3) is 0 Å². The lowest BCUT2D eigenvalue weighted by molar-refractivity contribution is -0.386. The Morgan fingerprint density at radius 2 is 2.13 bits per heavy atom. The zero-order valence-corrected chi connectivity index (χ0v) is 12.8. The summed E-state index contributed by atoms with van der Waals surface area (Å²) in [5.74, 6) is -1.57. The number of carboxylic acids is 1. The third-order valence-corrected chi connectivity index (χ3v) is 2.35. The molecule has 10 heteroatoms. The van der Waals surface area contributed by atoms with Crippen LogP contribution in [0.2, 0.25) is 0 Å². The van der Waals surface area contributed by atoms with Gasteiger partial charge in [-0.25, -0.2) is 9.59 Å². The van der Waals surface area contributed by atoms with Crippen molar-refractivity contribution in [1.29, 1.82) is 0 Å². The lowest BCUT2D eigenvalue weighted by Gasteiger charge is -2.22. The van der Waals surface area contributed by atoms with Gasteiger partial charge in [-0.05, 0) is 20.8 Å². The number of alkyl carbamates (subject to hydrolysis) is 1. The number of aliphatic carboxylic acids is 1. The third kappa shape index (κ3) is 6.16. The Bertz CT molecular complexity index is 597. The monoisotopic (exact) mass is 327 g/mol. The van der Waals surface area contributed by atoms with Crippen LogP contribution in [0.25, 0.3) is 0 Å². The van der Waals surface area contributed by atoms with Gasteiger partial charge in [0.05, 0.1) is 11.1 Å². The zero-order chi connectivity index (χ0) is 17.6. The maximum absolute atomic E-state index is 11.6. The number of nitrogens with one attached hydrogen (secondary N) is 1. The number of hydrogen-bond acceptors (Lipinski definition) is 7. The molecule has 1 rings (SSSR count). The second-order valence-electron chi connectivity index (χ2n) is 5.45. The molecule has 0 radical (unpaired) electrons. The average Bonchev–Trinajstić information content (AvgIpc) is 2.41. The summed E-state index contributed by atoms with van der Waals surface area (Å²) in [6, 6.07) is -0.323. The van der Waals surface area contributed by atoms with Gasteiger partial charge in [0, 0.05) is 12.3 Å². The topological polar surface area (TPSA) is 141 Å². The van der Waals surface area contributed by atoms with Crippen LogP contribution < -0.4 is 10.1 Å². The molecule has 0 unspecified atom stereocenters. The standard InChI is InChI=1S/C13H17N3O7/c1-13(2,3)23-12(19)15-8(11(17)18)7-22-10-6-14-5-4-9(10)16(20)21/h4-6,8H,7H2,1-3H3,(H,15,19)(H,17,18)/t8-/m0/s1. The van der Waals surface area contributed by atoms with Crippen LogP contribution >= 0.6 is 0 Å². The Morgan fingerprint density at radius 1 is 1.48 bits per heavy atom. The highest BCUT2D eigenvalue weighted by molar-refractivity contribution is 5.80. The molecule has 126 valence electrons. The van der Waals surface area contributed by atoms with E-state index in [1.807, 2.05) is 0 Å². The molecule has 1 aromatic heterocycles. The summed E-state index contributed by atoms with van der Waals surface area (Å²) >= 11 is 0. The normalized spacial score (nSPS) is 12.1. The first-order valence-electron chi connectivity index (χ1n) is 6.53. The molecule has 2 N–H and O–H groups in total. The molecular weight excluding hydrogens is 310 g/mol. The van der Waals surface area contributed by atoms with E-state index in [0.717, 1.165) is 12.3 Å². The Labute approximate surface area is 131 Å². The van der Waals surface area contributed by atoms with Crippen molar-refractivity contribution in [3.05, 3.63) is 28.6 Å². The van der Waals surface area contributed by atoms with Gasteiger partial charge in [0.2, 0.25) is 5.75 Å². The number of hydrogen-bond donors (Lipinski definition) is 2. The van der Waals surface area contributed by atoms with Crippen LogP contribution in [-0.4, -0.2) is 45.3 Å². The van der Waals surface area contributed by atoms with Gasteiger partial charge >= 0.3 is 17.7 Å². The van der Waals surface area contributed by atoms with Crippen molar-refractivity contribution in [3.63, 3.8) is 0 Å². The Balaban J connectivity index is 2.73. The molecule has 0 spiro atoms. The molecule has 0 aliphatic carbocycles. The summed E-state index contributed by atoms with van der Waals surface area (Å²) in [6.45, 7) is 4.34. The fraction of sp³-hybridized carbons (Fsp3) is 0.462. The molecule has 1 heterocycles. The summed E-state index contributed by atoms with van der Waals surface area (Å²) in [5, 5.41) is 22.0. The molecule has 23 heavy (non-hydrogen) atoms. The van der Waals surface area contributed by atoms with Crippen LogP contribution in [0.5, 0.6) is 5.75 Å². The van der Waals surface area contributed by atoms with Crippen molar-refractivity contribution < 1.29 is 29.1 Å². The molecule has 0 saturated carbocycles. The van der Waals surface area contributed by atoms with E-state index in [2.05, 4.69) is 10.3 Å². The Kier molecular flexibility index (Phi) is 5.82. The first-order valence-corrected chi connectivity index (χ1v) is 6.53. The second-order valence-corrected chi connectivity index (χ2v) is 5.45. The minimum atomic E-state index is -1.44. The molecule has 1 aromatic rings. The largest absolute Gasteiger partial charge is 0.483 e. The summed E-state index contributed by atoms with van der Waals surface area (Å²) in [4.78, 5) is 36.5. The predicted molar refractivity (Wildman–Crippen MR) is 77.2 cm³/mol. The highest BCUT2D eigenvalue weighted by Gasteiger charge is 2.26. The van der Waals surface area contributed by atoms with E-state index >= 15 is 0 Å². The van der Waals surface area contributed by atoms with E-state index in [1.165, 1.54) is 6.20 Å². The molecule has 0 bridgehead atoms. The number of pyridine rings is 1. The van der Waals surface area contributed by atoms with E-state index in [4.69, 9.17) is 14.6 Å². The van der Waals surface area contributed by atoms with E-state index in [1.54, 1.807) is 20.8 Å². The molecule has 0 aliphatic rings. The fourth-order valence-corrected chi connectivity index (χ4v) is 1.43. The molecule has 1 atom stereocenters. The average molecular weight is 327 g/mol. The molecule has 0 fully saturated rings. The quantitative estimate of drug-likeness (QED) is 0.589. The first kappa shape index (κ1) is 18.1. The number of aromatic nitrogens is 1. The highest BCUT2D eigenvalue weighted by atomic mass is 16.6. The van der Waals surface area contributed by atoms with Crippen molar-refractivity contribution in [3.8, 4) is 5.75 Å². The number of rotatable bonds is 6. The summed E-state index contributed by atoms with van der Waals surface area (Å²) < 4.78 is 10.0. The highest BCUT2D eigenvalue weighted by Crippen LogP contribution is 2.24. The molecule has 0 aromatic carbocycles. The summed E-state index contributed by atoms with van der Waals surface area (Å²) in [6.07, 6.45) is 1.36. The lowest BCUT2D eigenvalue weighted by Crippen LogP contribution is -2.46. The lowest BCUT2D eigenvalue weighted by atomic mass is 10.2. The van der Waals surface area contributed by atoms with Crippen LogP contribution in [0, 0.1) is 10.1 Å². The van der Waals surface area contributed by atoms with Crippen LogP contribution in [0.4, 0.5) is 10.5 Å². The minimum Gasteiger partial charge on any atom is -0.483 e. The van der Waals surface area contributed by atoms with Crippen molar-refractivity contribution in [2.75, 3.05) is 6.61 Å². The molecular formula is C13H17N3O7. The number of ether oxygens (including phenoxy) is 2. The number of nitro groups is 1. The number of nitrogens with zero attached hydrogens (tertiary/aromatic N) is 2. The van der Waals surface area contributed by atoms with Gasteiger partial charge < -0.3 is 19.9 Å². The van der Waals surface area contributed by atoms with Crippen LogP contribution in [0.3, 0.4) is 0 Å². The van der Waals surface area contributed by atoms with Gasteiger partial charge in [-0.15, -0.1) is 0 Å². The predicted octanol–water partition coefficient (Wildman–Crippen LogP) is 1.35. The number of carbonyl (C=O) groups is 2. The maximum atomic E-state index is 11.6. The van der Waals surface area contributed by atoms with Crippen molar-refractivity contribution in [2.24, 2.45) is 0 Å². The van der Waals surface area contributed by atoms with Crippen molar-refractivity contribution >= 4 is 17.7 Å². The zero-order valence-electron chi connectivity index (χ0n) is 12.8. The molecule has 10 nitrogen and oxygen atoms in total. The summed E-state index contributed by atoms with van der Waals surface area (Å²) in [5.41, 5.74) is -1.16. The molecule has 0 saturated heterocycles. The smallest absolute Gasteiger partial charge is 0.408 e. The van der Waals surface area contributed by atoms with E-state index in [0.29, 0.717) is 0 Å². The Hall–Kier alpha value is -2.91. The van der Waals surface area contributed by atoms with Gasteiger partial charge in [0.1, 0.15) is 12.2 Å². The van der Waals surface area contributed by atoms with Crippen LogP contribution in [0.15, 0.2) is 18.5 Å².